The third kappa shape index (κ3) is 4.91. The lowest BCUT2D eigenvalue weighted by Crippen LogP contribution is -2.35. The number of carbonyl (C=O) groups is 1. The molecule has 1 aliphatic rings. The number of nitrogens with one attached hydrogen (secondary N) is 1. The van der Waals surface area contributed by atoms with Crippen LogP contribution in [0.15, 0.2) is 58.3 Å². The standard InChI is InChI=1S/C20H24N2O3S2/c1-15(8-9-17-6-4-3-5-7-17)21-27(24,25)18-10-11-20-19(14-18)22(16(2)23)12-13-26-20/h3-7,10-11,14-15,21H,8-9,12-13H2,1-2H3/t15-/m0/s1. The molecule has 5 nitrogen and oxygen atoms in total. The van der Waals surface area contributed by atoms with Crippen molar-refractivity contribution in [3.05, 3.63) is 54.1 Å². The molecule has 27 heavy (non-hydrogen) atoms. The predicted molar refractivity (Wildman–Crippen MR) is 110 cm³/mol. The van der Waals surface area contributed by atoms with Gasteiger partial charge in [-0.1, -0.05) is 30.3 Å². The number of amides is 1. The molecule has 1 heterocycles. The molecule has 2 aromatic carbocycles. The minimum atomic E-state index is -3.64. The zero-order chi connectivity index (χ0) is 19.4. The van der Waals surface area contributed by atoms with E-state index in [1.807, 2.05) is 37.3 Å². The number of aryl methyl sites for hydroxylation is 1. The second kappa shape index (κ2) is 8.46. The van der Waals surface area contributed by atoms with Crippen LogP contribution in [0.1, 0.15) is 25.8 Å². The molecule has 1 amide bonds. The first kappa shape index (κ1) is 19.9. The maximum absolute atomic E-state index is 12.8. The van der Waals surface area contributed by atoms with Crippen LogP contribution in [0.2, 0.25) is 0 Å². The molecule has 0 aromatic heterocycles. The van der Waals surface area contributed by atoms with Crippen molar-refractivity contribution in [3.63, 3.8) is 0 Å². The summed E-state index contributed by atoms with van der Waals surface area (Å²) in [5, 5.41) is 0. The van der Waals surface area contributed by atoms with Gasteiger partial charge in [-0.2, -0.15) is 0 Å². The summed E-state index contributed by atoms with van der Waals surface area (Å²) in [6, 6.07) is 14.8. The molecule has 0 bridgehead atoms. The first-order valence-electron chi connectivity index (χ1n) is 8.98. The number of thioether (sulfide) groups is 1. The van der Waals surface area contributed by atoms with Crippen molar-refractivity contribution < 1.29 is 13.2 Å². The van der Waals surface area contributed by atoms with Crippen molar-refractivity contribution in [1.29, 1.82) is 0 Å². The molecule has 0 aliphatic carbocycles. The van der Waals surface area contributed by atoms with E-state index in [1.54, 1.807) is 34.9 Å². The Hall–Kier alpha value is -1.83. The first-order chi connectivity index (χ1) is 12.9. The Kier molecular flexibility index (Phi) is 6.24. The van der Waals surface area contributed by atoms with Crippen LogP contribution in [0.3, 0.4) is 0 Å². The molecule has 7 heteroatoms. The molecule has 0 fully saturated rings. The van der Waals surface area contributed by atoms with Gasteiger partial charge >= 0.3 is 0 Å². The summed E-state index contributed by atoms with van der Waals surface area (Å²) in [7, 11) is -3.64. The topological polar surface area (TPSA) is 66.5 Å². The molecule has 144 valence electrons. The number of anilines is 1. The first-order valence-corrected chi connectivity index (χ1v) is 11.4. The van der Waals surface area contributed by atoms with E-state index in [9.17, 15) is 13.2 Å². The SMILES string of the molecule is CC(=O)N1CCSc2ccc(S(=O)(=O)N[C@@H](C)CCc3ccccc3)cc21. The fourth-order valence-electron chi connectivity index (χ4n) is 3.11. The Labute approximate surface area is 165 Å². The van der Waals surface area contributed by atoms with Crippen molar-refractivity contribution >= 4 is 33.4 Å². The molecule has 1 aliphatic heterocycles. The molecular weight excluding hydrogens is 380 g/mol. The van der Waals surface area contributed by atoms with Crippen molar-refractivity contribution in [2.75, 3.05) is 17.2 Å². The largest absolute Gasteiger partial charge is 0.311 e. The van der Waals surface area contributed by atoms with E-state index >= 15 is 0 Å². The molecule has 1 atom stereocenters. The van der Waals surface area contributed by atoms with Crippen molar-refractivity contribution in [2.45, 2.75) is 42.5 Å². The maximum atomic E-state index is 12.8. The number of hydrogen-bond donors (Lipinski definition) is 1. The van der Waals surface area contributed by atoms with Gasteiger partial charge < -0.3 is 4.90 Å². The summed E-state index contributed by atoms with van der Waals surface area (Å²) in [5.74, 6) is 0.739. The van der Waals surface area contributed by atoms with Crippen LogP contribution in [-0.2, 0) is 21.2 Å². The van der Waals surface area contributed by atoms with E-state index in [2.05, 4.69) is 4.72 Å². The minimum absolute atomic E-state index is 0.0738. The van der Waals surface area contributed by atoms with Crippen LogP contribution in [0.5, 0.6) is 0 Å². The fraction of sp³-hybridized carbons (Fsp3) is 0.350. The van der Waals surface area contributed by atoms with Gasteiger partial charge in [0, 0.05) is 30.2 Å². The number of fused-ring (bicyclic) bond motifs is 1. The zero-order valence-corrected chi connectivity index (χ0v) is 17.1. The van der Waals surface area contributed by atoms with Gasteiger partial charge in [0.2, 0.25) is 15.9 Å². The Bertz CT molecular complexity index is 914. The van der Waals surface area contributed by atoms with Crippen LogP contribution in [0.4, 0.5) is 5.69 Å². The third-order valence-electron chi connectivity index (χ3n) is 4.55. The van der Waals surface area contributed by atoms with Gasteiger partial charge in [-0.15, -0.1) is 11.8 Å². The highest BCUT2D eigenvalue weighted by atomic mass is 32.2. The molecule has 0 saturated heterocycles. The van der Waals surface area contributed by atoms with E-state index in [0.29, 0.717) is 18.7 Å². The molecule has 0 saturated carbocycles. The average Bonchev–Trinajstić information content (AvgIpc) is 2.66. The second-order valence-corrected chi connectivity index (χ2v) is 9.55. The number of benzene rings is 2. The Morgan fingerprint density at radius 2 is 1.96 bits per heavy atom. The lowest BCUT2D eigenvalue weighted by atomic mass is 10.1. The van der Waals surface area contributed by atoms with Crippen molar-refractivity contribution in [1.82, 2.24) is 4.72 Å². The summed E-state index contributed by atoms with van der Waals surface area (Å²) in [4.78, 5) is 14.6. The van der Waals surface area contributed by atoms with Gasteiger partial charge in [0.05, 0.1) is 10.6 Å². The molecule has 1 N–H and O–H groups in total. The summed E-state index contributed by atoms with van der Waals surface area (Å²) < 4.78 is 28.3. The molecule has 0 spiro atoms. The van der Waals surface area contributed by atoms with Gasteiger partial charge in [0.1, 0.15) is 0 Å². The van der Waals surface area contributed by atoms with Crippen LogP contribution < -0.4 is 9.62 Å². The number of rotatable bonds is 6. The average molecular weight is 405 g/mol. The van der Waals surface area contributed by atoms with Crippen LogP contribution >= 0.6 is 11.8 Å². The number of hydrogen-bond acceptors (Lipinski definition) is 4. The molecular formula is C20H24N2O3S2. The third-order valence-corrected chi connectivity index (χ3v) is 7.18. The molecule has 0 radical (unpaired) electrons. The summed E-state index contributed by atoms with van der Waals surface area (Å²) in [6.45, 7) is 3.97. The highest BCUT2D eigenvalue weighted by Gasteiger charge is 2.24. The van der Waals surface area contributed by atoms with Gasteiger partial charge in [-0.25, -0.2) is 13.1 Å². The number of nitrogens with zero attached hydrogens (tertiary/aromatic N) is 1. The number of sulfonamides is 1. The van der Waals surface area contributed by atoms with E-state index in [4.69, 9.17) is 0 Å². The van der Waals surface area contributed by atoms with Gasteiger partial charge in [0.25, 0.3) is 0 Å². The fourth-order valence-corrected chi connectivity index (χ4v) is 5.38. The molecule has 3 rings (SSSR count). The highest BCUT2D eigenvalue weighted by Crippen LogP contribution is 2.36. The lowest BCUT2D eigenvalue weighted by molar-refractivity contribution is -0.116. The molecule has 0 unspecified atom stereocenters. The van der Waals surface area contributed by atoms with E-state index in [1.165, 1.54) is 12.5 Å². The lowest BCUT2D eigenvalue weighted by Gasteiger charge is -2.28. The van der Waals surface area contributed by atoms with Gasteiger partial charge in [0.15, 0.2) is 0 Å². The monoisotopic (exact) mass is 404 g/mol. The summed E-state index contributed by atoms with van der Waals surface area (Å²) in [6.07, 6.45) is 1.52. The second-order valence-electron chi connectivity index (χ2n) is 6.70. The quantitative estimate of drug-likeness (QED) is 0.801. The van der Waals surface area contributed by atoms with E-state index < -0.39 is 10.0 Å². The Morgan fingerprint density at radius 1 is 1.22 bits per heavy atom. The Morgan fingerprint density at radius 3 is 2.67 bits per heavy atom. The predicted octanol–water partition coefficient (Wildman–Crippen LogP) is 3.44. The summed E-state index contributed by atoms with van der Waals surface area (Å²) >= 11 is 1.64. The minimum Gasteiger partial charge on any atom is -0.311 e. The van der Waals surface area contributed by atoms with Crippen LogP contribution in [0, 0.1) is 0 Å². The van der Waals surface area contributed by atoms with Gasteiger partial charge in [-0.3, -0.25) is 4.79 Å². The van der Waals surface area contributed by atoms with E-state index in [0.717, 1.165) is 17.1 Å². The zero-order valence-electron chi connectivity index (χ0n) is 15.5. The van der Waals surface area contributed by atoms with Crippen molar-refractivity contribution in [3.8, 4) is 0 Å². The van der Waals surface area contributed by atoms with Crippen LogP contribution in [-0.4, -0.2) is 32.7 Å². The maximum Gasteiger partial charge on any atom is 0.240 e. The van der Waals surface area contributed by atoms with Crippen molar-refractivity contribution in [2.24, 2.45) is 0 Å². The normalized spacial score (nSPS) is 15.3. The van der Waals surface area contributed by atoms with Gasteiger partial charge in [-0.05, 0) is 43.5 Å². The molecule has 2 aromatic rings. The highest BCUT2D eigenvalue weighted by molar-refractivity contribution is 7.99. The van der Waals surface area contributed by atoms with Crippen LogP contribution in [0.25, 0.3) is 0 Å². The smallest absolute Gasteiger partial charge is 0.240 e. The Balaban J connectivity index is 1.73. The summed E-state index contributed by atoms with van der Waals surface area (Å²) in [5.41, 5.74) is 1.87. The van der Waals surface area contributed by atoms with E-state index in [-0.39, 0.29) is 16.8 Å². The number of carbonyl (C=O) groups excluding carboxylic acids is 1.